The van der Waals surface area contributed by atoms with Gasteiger partial charge >= 0.3 is 11.4 Å². The first-order valence-electron chi connectivity index (χ1n) is 10.7. The molecule has 4 aromatic rings. The first kappa shape index (κ1) is 26.2. The van der Waals surface area contributed by atoms with Crippen molar-refractivity contribution in [3.63, 3.8) is 0 Å². The number of rotatable bonds is 6. The molecule has 0 amide bonds. The lowest BCUT2D eigenvalue weighted by Gasteiger charge is -2.11. The molecular formula is C25H21N5O7. The summed E-state index contributed by atoms with van der Waals surface area (Å²) in [6.45, 7) is 0. The van der Waals surface area contributed by atoms with E-state index in [4.69, 9.17) is 5.11 Å². The van der Waals surface area contributed by atoms with Gasteiger partial charge in [-0.25, -0.2) is 4.98 Å². The largest absolute Gasteiger partial charge is 0.497 e. The van der Waals surface area contributed by atoms with Crippen molar-refractivity contribution in [2.45, 2.75) is 0 Å². The quantitative estimate of drug-likeness (QED) is 0.261. The van der Waals surface area contributed by atoms with Crippen LogP contribution >= 0.6 is 0 Å². The molecule has 0 aliphatic heterocycles. The van der Waals surface area contributed by atoms with Gasteiger partial charge in [-0.1, -0.05) is 42.5 Å². The molecule has 3 aromatic carbocycles. The van der Waals surface area contributed by atoms with E-state index in [-0.39, 0.29) is 0 Å². The summed E-state index contributed by atoms with van der Waals surface area (Å²) >= 11 is 0. The topological polar surface area (TPSA) is 166 Å². The van der Waals surface area contributed by atoms with Gasteiger partial charge in [-0.3, -0.25) is 30.3 Å². The van der Waals surface area contributed by atoms with Crippen molar-refractivity contribution >= 4 is 45.8 Å². The minimum atomic E-state index is -1.21. The number of phenolic OH excluding ortho intramolecular Hbond substituents is 1. The molecule has 1 heterocycles. The second kappa shape index (κ2) is 11.4. The highest BCUT2D eigenvalue weighted by atomic mass is 16.6. The number of para-hydroxylation sites is 1. The van der Waals surface area contributed by atoms with Crippen LogP contribution in [0.4, 0.5) is 22.7 Å². The number of nitro groups is 3. The number of nitrogens with zero attached hydrogens (tertiary/aromatic N) is 5. The predicted molar refractivity (Wildman–Crippen MR) is 140 cm³/mol. The summed E-state index contributed by atoms with van der Waals surface area (Å²) in [5.74, 6) is -1.21. The van der Waals surface area contributed by atoms with Crippen LogP contribution < -0.4 is 4.90 Å². The van der Waals surface area contributed by atoms with E-state index in [1.54, 1.807) is 0 Å². The summed E-state index contributed by atoms with van der Waals surface area (Å²) in [5.41, 5.74) is 1.39. The fourth-order valence-electron chi connectivity index (χ4n) is 3.21. The summed E-state index contributed by atoms with van der Waals surface area (Å²) in [7, 11) is 4.09. The van der Waals surface area contributed by atoms with Gasteiger partial charge in [-0.2, -0.15) is 0 Å². The standard InChI is InChI=1S/C19H18N2.C6H3N3O7/c1-21(2)18-13-8-15(9-14-18)7-11-17-12-10-16-5-3-4-6-19(16)20-17;10-6-4(8(13)14)1-3(7(11)12)2-5(6)9(15)16/h3-14H,1-2H3;1-2,10H/b11-7+;. The van der Waals surface area contributed by atoms with Gasteiger partial charge in [0, 0.05) is 25.2 Å². The van der Waals surface area contributed by atoms with Gasteiger partial charge in [-0.15, -0.1) is 0 Å². The van der Waals surface area contributed by atoms with Crippen molar-refractivity contribution in [2.75, 3.05) is 19.0 Å². The van der Waals surface area contributed by atoms with Crippen LogP contribution in [0.1, 0.15) is 11.3 Å². The maximum Gasteiger partial charge on any atom is 0.324 e. The molecule has 0 bridgehead atoms. The van der Waals surface area contributed by atoms with Crippen LogP contribution in [-0.4, -0.2) is 39.0 Å². The lowest BCUT2D eigenvalue weighted by Crippen LogP contribution is -2.07. The maximum atomic E-state index is 10.4. The van der Waals surface area contributed by atoms with Crippen molar-refractivity contribution in [3.05, 3.63) is 114 Å². The highest BCUT2D eigenvalue weighted by Crippen LogP contribution is 2.38. The van der Waals surface area contributed by atoms with Gasteiger partial charge in [0.05, 0.1) is 38.1 Å². The molecule has 0 aliphatic carbocycles. The van der Waals surface area contributed by atoms with Crippen molar-refractivity contribution in [1.29, 1.82) is 0 Å². The van der Waals surface area contributed by atoms with Crippen LogP contribution in [0.2, 0.25) is 0 Å². The Hall–Kier alpha value is -5.39. The van der Waals surface area contributed by atoms with E-state index in [0.717, 1.165) is 11.2 Å². The van der Waals surface area contributed by atoms with Gasteiger partial charge in [0.2, 0.25) is 0 Å². The molecular weight excluding hydrogens is 482 g/mol. The third kappa shape index (κ3) is 6.60. The summed E-state index contributed by atoms with van der Waals surface area (Å²) in [4.78, 5) is 34.5. The lowest BCUT2D eigenvalue weighted by molar-refractivity contribution is -0.404. The van der Waals surface area contributed by atoms with Crippen LogP contribution in [0.15, 0.2) is 72.8 Å². The van der Waals surface area contributed by atoms with E-state index in [9.17, 15) is 30.3 Å². The SMILES string of the molecule is CN(C)c1ccc(/C=C/c2ccc3ccccc3n2)cc1.O=[N+]([O-])c1cc([N+](=O)[O-])c(O)c([N+](=O)[O-])c1. The fourth-order valence-corrected chi connectivity index (χ4v) is 3.21. The molecule has 0 atom stereocenters. The zero-order valence-corrected chi connectivity index (χ0v) is 19.7. The van der Waals surface area contributed by atoms with Crippen LogP contribution in [0, 0.1) is 30.3 Å². The Morgan fingerprint density at radius 3 is 1.92 bits per heavy atom. The van der Waals surface area contributed by atoms with Crippen LogP contribution in [-0.2, 0) is 0 Å². The average Bonchev–Trinajstić information content (AvgIpc) is 2.87. The lowest BCUT2D eigenvalue weighted by atomic mass is 10.1. The van der Waals surface area contributed by atoms with Gasteiger partial charge in [0.25, 0.3) is 11.4 Å². The first-order chi connectivity index (χ1) is 17.6. The minimum Gasteiger partial charge on any atom is -0.497 e. The number of phenols is 1. The molecule has 0 spiro atoms. The summed E-state index contributed by atoms with van der Waals surface area (Å²) in [6, 6.07) is 21.7. The van der Waals surface area contributed by atoms with Crippen molar-refractivity contribution in [1.82, 2.24) is 4.98 Å². The minimum absolute atomic E-state index is 0.447. The number of aromatic hydroxyl groups is 1. The van der Waals surface area contributed by atoms with Gasteiger partial charge in [0.1, 0.15) is 0 Å². The number of non-ortho nitro benzene ring substituents is 1. The Labute approximate surface area is 210 Å². The molecule has 1 N–H and O–H groups in total. The molecule has 0 aliphatic rings. The number of pyridine rings is 1. The third-order valence-electron chi connectivity index (χ3n) is 5.13. The normalized spacial score (nSPS) is 10.5. The van der Waals surface area contributed by atoms with E-state index in [1.807, 2.05) is 38.4 Å². The summed E-state index contributed by atoms with van der Waals surface area (Å²) in [5, 5.41) is 41.4. The Bertz CT molecular complexity index is 1470. The van der Waals surface area contributed by atoms with Crippen LogP contribution in [0.25, 0.3) is 23.1 Å². The number of hydrogen-bond acceptors (Lipinski definition) is 9. The molecule has 4 rings (SSSR count). The number of aromatic nitrogens is 1. The van der Waals surface area contributed by atoms with Gasteiger partial charge in [-0.05, 0) is 35.9 Å². The number of nitro benzene ring substituents is 3. The fraction of sp³-hybridized carbons (Fsp3) is 0.0800. The van der Waals surface area contributed by atoms with Gasteiger partial charge in [0.15, 0.2) is 0 Å². The Morgan fingerprint density at radius 1 is 0.784 bits per heavy atom. The smallest absolute Gasteiger partial charge is 0.324 e. The van der Waals surface area contributed by atoms with Crippen LogP contribution in [0.3, 0.4) is 0 Å². The molecule has 37 heavy (non-hydrogen) atoms. The second-order valence-electron chi connectivity index (χ2n) is 7.85. The van der Waals surface area contributed by atoms with E-state index in [0.29, 0.717) is 12.1 Å². The molecule has 0 saturated carbocycles. The van der Waals surface area contributed by atoms with Crippen molar-refractivity contribution in [3.8, 4) is 5.75 Å². The van der Waals surface area contributed by atoms with E-state index in [2.05, 4.69) is 58.4 Å². The predicted octanol–water partition coefficient (Wildman–Crippen LogP) is 5.59. The highest BCUT2D eigenvalue weighted by Gasteiger charge is 2.30. The third-order valence-corrected chi connectivity index (χ3v) is 5.13. The van der Waals surface area contributed by atoms with E-state index >= 15 is 0 Å². The molecule has 12 nitrogen and oxygen atoms in total. The van der Waals surface area contributed by atoms with Crippen LogP contribution in [0.5, 0.6) is 5.75 Å². The maximum absolute atomic E-state index is 10.4. The molecule has 0 radical (unpaired) electrons. The summed E-state index contributed by atoms with van der Waals surface area (Å²) in [6.07, 6.45) is 4.15. The molecule has 12 heteroatoms. The van der Waals surface area contributed by atoms with E-state index < -0.39 is 37.6 Å². The van der Waals surface area contributed by atoms with Crippen molar-refractivity contribution < 1.29 is 19.9 Å². The van der Waals surface area contributed by atoms with Gasteiger partial charge < -0.3 is 10.0 Å². The zero-order valence-electron chi connectivity index (χ0n) is 19.7. The Morgan fingerprint density at radius 2 is 1.38 bits per heavy atom. The summed E-state index contributed by atoms with van der Waals surface area (Å²) < 4.78 is 0. The molecule has 0 fully saturated rings. The Kier molecular flexibility index (Phi) is 8.05. The monoisotopic (exact) mass is 503 g/mol. The number of anilines is 1. The molecule has 188 valence electrons. The number of benzene rings is 3. The Balaban J connectivity index is 0.000000214. The average molecular weight is 503 g/mol. The zero-order chi connectivity index (χ0) is 27.1. The second-order valence-corrected chi connectivity index (χ2v) is 7.85. The highest BCUT2D eigenvalue weighted by molar-refractivity contribution is 5.80. The van der Waals surface area contributed by atoms with E-state index in [1.165, 1.54) is 16.6 Å². The molecule has 1 aromatic heterocycles. The molecule has 0 saturated heterocycles. The number of fused-ring (bicyclic) bond motifs is 1. The first-order valence-corrected chi connectivity index (χ1v) is 10.7. The van der Waals surface area contributed by atoms with Crippen molar-refractivity contribution in [2.24, 2.45) is 0 Å². The molecule has 0 unspecified atom stereocenters. The number of hydrogen-bond donors (Lipinski definition) is 1.